The Balaban J connectivity index is 0.000000180. The van der Waals surface area contributed by atoms with E-state index in [1.54, 1.807) is 0 Å². The summed E-state index contributed by atoms with van der Waals surface area (Å²) in [6.45, 7) is 2.27. The first kappa shape index (κ1) is 15.1. The number of ether oxygens (including phenoxy) is 1. The first-order valence-electron chi connectivity index (χ1n) is 8.75. The molecule has 4 rings (SSSR count). The van der Waals surface area contributed by atoms with Crippen molar-refractivity contribution in [1.29, 1.82) is 0 Å². The minimum atomic E-state index is 0.596. The third kappa shape index (κ3) is 4.55. The van der Waals surface area contributed by atoms with Gasteiger partial charge in [-0.05, 0) is 62.9 Å². The van der Waals surface area contributed by atoms with Crippen LogP contribution in [0.15, 0.2) is 24.3 Å². The van der Waals surface area contributed by atoms with Crippen molar-refractivity contribution in [2.75, 3.05) is 20.2 Å². The largest absolute Gasteiger partial charge is 0.378 e. The van der Waals surface area contributed by atoms with Gasteiger partial charge in [0, 0.05) is 12.6 Å². The Kier molecular flexibility index (Phi) is 5.32. The van der Waals surface area contributed by atoms with Crippen LogP contribution in [0.1, 0.15) is 51.4 Å². The lowest BCUT2D eigenvalue weighted by atomic mass is 10.0. The van der Waals surface area contributed by atoms with Crippen LogP contribution in [0.5, 0.6) is 0 Å². The normalized spacial score (nSPS) is 24.5. The van der Waals surface area contributed by atoms with E-state index < -0.39 is 0 Å². The molecule has 1 saturated carbocycles. The first-order valence-corrected chi connectivity index (χ1v) is 8.75. The summed E-state index contributed by atoms with van der Waals surface area (Å²) in [5.41, 5.74) is 2.85. The number of likely N-dealkylation sites (tertiary alicyclic amines) is 1. The fourth-order valence-corrected chi connectivity index (χ4v) is 3.61. The van der Waals surface area contributed by atoms with E-state index in [2.05, 4.69) is 36.2 Å². The summed E-state index contributed by atoms with van der Waals surface area (Å²) in [6, 6.07) is 9.27. The SMILES string of the molecule is CN1CCCCC1CCOC1CCCC1.c1cc2cc-2c1. The highest BCUT2D eigenvalue weighted by atomic mass is 16.5. The average molecular weight is 287 g/mol. The number of fused-ring (bicyclic) bond motifs is 1. The van der Waals surface area contributed by atoms with Gasteiger partial charge in [-0.3, -0.25) is 0 Å². The van der Waals surface area contributed by atoms with Crippen molar-refractivity contribution in [2.24, 2.45) is 0 Å². The van der Waals surface area contributed by atoms with E-state index in [4.69, 9.17) is 4.74 Å². The quantitative estimate of drug-likeness (QED) is 0.821. The van der Waals surface area contributed by atoms with Gasteiger partial charge in [-0.1, -0.05) is 37.5 Å². The minimum Gasteiger partial charge on any atom is -0.378 e. The summed E-state index contributed by atoms with van der Waals surface area (Å²) >= 11 is 0. The lowest BCUT2D eigenvalue weighted by molar-refractivity contribution is 0.0381. The molecule has 3 aliphatic carbocycles. The molecule has 1 saturated heterocycles. The van der Waals surface area contributed by atoms with Crippen LogP contribution in [-0.2, 0) is 4.74 Å². The van der Waals surface area contributed by atoms with Crippen molar-refractivity contribution in [2.45, 2.75) is 63.5 Å². The van der Waals surface area contributed by atoms with Gasteiger partial charge >= 0.3 is 0 Å². The molecule has 0 bridgehead atoms. The molecule has 1 aliphatic heterocycles. The lowest BCUT2D eigenvalue weighted by Gasteiger charge is -2.32. The van der Waals surface area contributed by atoms with E-state index in [0.717, 1.165) is 12.6 Å². The summed E-state index contributed by atoms with van der Waals surface area (Å²) in [7, 11) is 2.26. The van der Waals surface area contributed by atoms with Crippen molar-refractivity contribution in [3.63, 3.8) is 0 Å². The van der Waals surface area contributed by atoms with Gasteiger partial charge in [-0.2, -0.15) is 0 Å². The van der Waals surface area contributed by atoms with E-state index in [1.807, 2.05) is 0 Å². The molecule has 116 valence electrons. The molecule has 0 aromatic rings. The van der Waals surface area contributed by atoms with Gasteiger partial charge < -0.3 is 9.64 Å². The Labute approximate surface area is 129 Å². The van der Waals surface area contributed by atoms with Crippen LogP contribution in [0.25, 0.3) is 11.1 Å². The molecular weight excluding hydrogens is 258 g/mol. The molecule has 2 heteroatoms. The Morgan fingerprint density at radius 2 is 1.76 bits per heavy atom. The molecule has 0 spiro atoms. The molecule has 0 aromatic carbocycles. The van der Waals surface area contributed by atoms with Gasteiger partial charge in [0.2, 0.25) is 0 Å². The number of benzene rings is 1. The third-order valence-corrected chi connectivity index (χ3v) is 5.14. The molecular formula is C19H29NO. The van der Waals surface area contributed by atoms with E-state index in [0.29, 0.717) is 6.10 Å². The van der Waals surface area contributed by atoms with Crippen molar-refractivity contribution in [3.05, 3.63) is 24.3 Å². The summed E-state index contributed by atoms with van der Waals surface area (Å²) in [5.74, 6) is 0. The van der Waals surface area contributed by atoms with Gasteiger partial charge in [0.1, 0.15) is 0 Å². The number of nitrogens with zero attached hydrogens (tertiary/aromatic N) is 1. The topological polar surface area (TPSA) is 12.5 Å². The highest BCUT2D eigenvalue weighted by Gasteiger charge is 2.20. The first-order chi connectivity index (χ1) is 10.3. The molecule has 1 atom stereocenters. The fraction of sp³-hybridized carbons (Fsp3) is 0.684. The maximum absolute atomic E-state index is 5.93. The summed E-state index contributed by atoms with van der Waals surface area (Å²) in [4.78, 5) is 2.52. The molecule has 1 unspecified atom stereocenters. The summed E-state index contributed by atoms with van der Waals surface area (Å²) < 4.78 is 5.93. The molecule has 0 aromatic heterocycles. The second-order valence-corrected chi connectivity index (χ2v) is 6.78. The average Bonchev–Trinajstić information content (AvgIpc) is 2.93. The molecule has 0 amide bonds. The van der Waals surface area contributed by atoms with E-state index >= 15 is 0 Å². The van der Waals surface area contributed by atoms with Gasteiger partial charge in [0.25, 0.3) is 0 Å². The predicted molar refractivity (Wildman–Crippen MR) is 88.5 cm³/mol. The predicted octanol–water partition coefficient (Wildman–Crippen LogP) is 4.49. The summed E-state index contributed by atoms with van der Waals surface area (Å²) in [6.07, 6.45) is 11.4. The Bertz CT molecular complexity index is 422. The second kappa shape index (κ2) is 7.42. The van der Waals surface area contributed by atoms with Crippen molar-refractivity contribution in [3.8, 4) is 11.1 Å². The van der Waals surface area contributed by atoms with Gasteiger partial charge in [0.15, 0.2) is 0 Å². The highest BCUT2D eigenvalue weighted by molar-refractivity contribution is 5.80. The number of hydrogen-bond donors (Lipinski definition) is 0. The van der Waals surface area contributed by atoms with Crippen LogP contribution < -0.4 is 0 Å². The smallest absolute Gasteiger partial charge is 0.0575 e. The van der Waals surface area contributed by atoms with Crippen LogP contribution in [0.2, 0.25) is 0 Å². The van der Waals surface area contributed by atoms with Gasteiger partial charge in [-0.15, -0.1) is 0 Å². The maximum atomic E-state index is 5.93. The standard InChI is InChI=1S/C13H25NO.C6H4/c1-14-10-5-4-6-12(14)9-11-15-13-7-2-3-8-13;1-2-5-4-6(5)3-1/h12-13H,2-11H2,1H3;1-4H. The zero-order chi connectivity index (χ0) is 14.5. The van der Waals surface area contributed by atoms with Crippen LogP contribution in [0, 0.1) is 0 Å². The van der Waals surface area contributed by atoms with Crippen LogP contribution in [0.3, 0.4) is 0 Å². The maximum Gasteiger partial charge on any atom is 0.0575 e. The number of hydrogen-bond acceptors (Lipinski definition) is 2. The molecule has 1 heterocycles. The van der Waals surface area contributed by atoms with Crippen molar-refractivity contribution < 1.29 is 4.74 Å². The molecule has 0 N–H and O–H groups in total. The fourth-order valence-electron chi connectivity index (χ4n) is 3.61. The zero-order valence-electron chi connectivity index (χ0n) is 13.4. The number of rotatable bonds is 4. The Hall–Kier alpha value is -0.860. The van der Waals surface area contributed by atoms with Crippen molar-refractivity contribution in [1.82, 2.24) is 4.90 Å². The molecule has 21 heavy (non-hydrogen) atoms. The Morgan fingerprint density at radius 1 is 1.05 bits per heavy atom. The van der Waals surface area contributed by atoms with Gasteiger partial charge in [0.05, 0.1) is 6.10 Å². The molecule has 2 fully saturated rings. The van der Waals surface area contributed by atoms with Crippen LogP contribution in [-0.4, -0.2) is 37.2 Å². The van der Waals surface area contributed by atoms with Crippen molar-refractivity contribution >= 4 is 0 Å². The molecule has 2 nitrogen and oxygen atoms in total. The van der Waals surface area contributed by atoms with E-state index in [-0.39, 0.29) is 0 Å². The molecule has 4 aliphatic rings. The second-order valence-electron chi connectivity index (χ2n) is 6.78. The number of piperidine rings is 1. The van der Waals surface area contributed by atoms with Gasteiger partial charge in [-0.25, -0.2) is 0 Å². The minimum absolute atomic E-state index is 0.596. The van der Waals surface area contributed by atoms with E-state index in [9.17, 15) is 0 Å². The third-order valence-electron chi connectivity index (χ3n) is 5.14. The lowest BCUT2D eigenvalue weighted by Crippen LogP contribution is -2.37. The summed E-state index contributed by atoms with van der Waals surface area (Å²) in [5, 5.41) is 0. The Morgan fingerprint density at radius 3 is 2.33 bits per heavy atom. The monoisotopic (exact) mass is 287 g/mol. The van der Waals surface area contributed by atoms with E-state index in [1.165, 1.54) is 69.0 Å². The highest BCUT2D eigenvalue weighted by Crippen LogP contribution is 2.32. The van der Waals surface area contributed by atoms with Crippen LogP contribution >= 0.6 is 0 Å². The zero-order valence-corrected chi connectivity index (χ0v) is 13.4. The van der Waals surface area contributed by atoms with Crippen LogP contribution in [0.4, 0.5) is 0 Å². The molecule has 0 radical (unpaired) electrons.